The number of hydrogen-bond donors (Lipinski definition) is 0. The molecule has 1 atom stereocenters. The first-order chi connectivity index (χ1) is 9.72. The summed E-state index contributed by atoms with van der Waals surface area (Å²) >= 11 is 0. The Balaban J connectivity index is 2.10. The van der Waals surface area contributed by atoms with Gasteiger partial charge in [0.05, 0.1) is 18.6 Å². The van der Waals surface area contributed by atoms with E-state index in [1.807, 2.05) is 43.3 Å². The van der Waals surface area contributed by atoms with Crippen LogP contribution in [0.5, 0.6) is 5.75 Å². The second kappa shape index (κ2) is 6.77. The van der Waals surface area contributed by atoms with Crippen LogP contribution in [-0.2, 0) is 6.42 Å². The molecule has 2 nitrogen and oxygen atoms in total. The lowest BCUT2D eigenvalue weighted by Gasteiger charge is -2.11. The van der Waals surface area contributed by atoms with Crippen molar-refractivity contribution in [3.63, 3.8) is 0 Å². The molecule has 0 heterocycles. The zero-order valence-corrected chi connectivity index (χ0v) is 12.0. The highest BCUT2D eigenvalue weighted by Crippen LogP contribution is 2.22. The van der Waals surface area contributed by atoms with Crippen molar-refractivity contribution in [2.24, 2.45) is 0 Å². The van der Waals surface area contributed by atoms with Crippen LogP contribution < -0.4 is 4.74 Å². The van der Waals surface area contributed by atoms with Gasteiger partial charge in [0, 0.05) is 0 Å². The number of rotatable bonds is 5. The lowest BCUT2D eigenvalue weighted by molar-refractivity contribution is 0.340. The van der Waals surface area contributed by atoms with E-state index in [2.05, 4.69) is 25.1 Å². The molecule has 1 unspecified atom stereocenters. The summed E-state index contributed by atoms with van der Waals surface area (Å²) < 4.78 is 5.42. The first-order valence-corrected chi connectivity index (χ1v) is 6.91. The monoisotopic (exact) mass is 265 g/mol. The quantitative estimate of drug-likeness (QED) is 0.810. The maximum Gasteiger partial charge on any atom is 0.119 e. The molecule has 2 heteroatoms. The standard InChI is InChI=1S/C18H19NO/c1-3-20-18-10-6-15(7-11-18)12-17(13-19)16-8-4-14(2)5-9-16/h4-11,17H,3,12H2,1-2H3. The van der Waals surface area contributed by atoms with Crippen molar-refractivity contribution in [1.82, 2.24) is 0 Å². The van der Waals surface area contributed by atoms with Gasteiger partial charge in [0.25, 0.3) is 0 Å². The third kappa shape index (κ3) is 3.61. The van der Waals surface area contributed by atoms with Crippen LogP contribution >= 0.6 is 0 Å². The maximum atomic E-state index is 9.37. The van der Waals surface area contributed by atoms with Crippen LogP contribution in [0.1, 0.15) is 29.5 Å². The molecule has 2 aromatic rings. The average molecular weight is 265 g/mol. The van der Waals surface area contributed by atoms with Crippen LogP contribution in [0, 0.1) is 18.3 Å². The summed E-state index contributed by atoms with van der Waals surface area (Å²) in [7, 11) is 0. The van der Waals surface area contributed by atoms with Crippen LogP contribution in [0.4, 0.5) is 0 Å². The summed E-state index contributed by atoms with van der Waals surface area (Å²) in [6.07, 6.45) is 0.728. The molecule has 0 radical (unpaired) electrons. The van der Waals surface area contributed by atoms with Crippen molar-refractivity contribution >= 4 is 0 Å². The largest absolute Gasteiger partial charge is 0.494 e. The minimum atomic E-state index is -0.103. The summed E-state index contributed by atoms with van der Waals surface area (Å²) in [5.41, 5.74) is 3.44. The number of aryl methyl sites for hydroxylation is 1. The zero-order chi connectivity index (χ0) is 14.4. The minimum absolute atomic E-state index is 0.103. The van der Waals surface area contributed by atoms with E-state index >= 15 is 0 Å². The highest BCUT2D eigenvalue weighted by atomic mass is 16.5. The number of benzene rings is 2. The smallest absolute Gasteiger partial charge is 0.119 e. The van der Waals surface area contributed by atoms with Crippen LogP contribution in [0.25, 0.3) is 0 Å². The summed E-state index contributed by atoms with van der Waals surface area (Å²) in [4.78, 5) is 0. The van der Waals surface area contributed by atoms with Crippen LogP contribution in [0.2, 0.25) is 0 Å². The number of nitrogens with zero attached hydrogens (tertiary/aromatic N) is 1. The number of ether oxygens (including phenoxy) is 1. The molecule has 0 N–H and O–H groups in total. The van der Waals surface area contributed by atoms with Gasteiger partial charge in [0.15, 0.2) is 0 Å². The fourth-order valence-corrected chi connectivity index (χ4v) is 2.16. The second-order valence-corrected chi connectivity index (χ2v) is 4.87. The highest BCUT2D eigenvalue weighted by molar-refractivity contribution is 5.33. The molecule has 0 saturated carbocycles. The Labute approximate surface area is 120 Å². The molecular formula is C18H19NO. The molecule has 0 spiro atoms. The van der Waals surface area contributed by atoms with Crippen LogP contribution in [0.15, 0.2) is 48.5 Å². The van der Waals surface area contributed by atoms with E-state index in [0.717, 1.165) is 23.3 Å². The molecule has 0 aliphatic carbocycles. The van der Waals surface area contributed by atoms with Gasteiger partial charge in [-0.1, -0.05) is 42.0 Å². The molecule has 20 heavy (non-hydrogen) atoms. The molecular weight excluding hydrogens is 246 g/mol. The van der Waals surface area contributed by atoms with Crippen molar-refractivity contribution in [2.45, 2.75) is 26.2 Å². The van der Waals surface area contributed by atoms with Gasteiger partial charge in [-0.3, -0.25) is 0 Å². The summed E-state index contributed by atoms with van der Waals surface area (Å²) in [5.74, 6) is 0.772. The molecule has 0 bridgehead atoms. The normalized spacial score (nSPS) is 11.7. The minimum Gasteiger partial charge on any atom is -0.494 e. The topological polar surface area (TPSA) is 33.0 Å². The van der Waals surface area contributed by atoms with Crippen molar-refractivity contribution in [3.05, 3.63) is 65.2 Å². The molecule has 0 aromatic heterocycles. The van der Waals surface area contributed by atoms with Crippen LogP contribution in [0.3, 0.4) is 0 Å². The molecule has 0 aliphatic rings. The molecule has 0 fully saturated rings. The van der Waals surface area contributed by atoms with Gasteiger partial charge in [-0.25, -0.2) is 0 Å². The van der Waals surface area contributed by atoms with E-state index in [-0.39, 0.29) is 5.92 Å². The van der Waals surface area contributed by atoms with Crippen molar-refractivity contribution in [3.8, 4) is 11.8 Å². The Morgan fingerprint density at radius 2 is 1.70 bits per heavy atom. The lowest BCUT2D eigenvalue weighted by atomic mass is 9.93. The van der Waals surface area contributed by atoms with E-state index in [0.29, 0.717) is 6.61 Å². The molecule has 0 aliphatic heterocycles. The molecule has 102 valence electrons. The summed E-state index contributed by atoms with van der Waals surface area (Å²) in [6, 6.07) is 18.6. The van der Waals surface area contributed by atoms with Gasteiger partial charge in [-0.15, -0.1) is 0 Å². The maximum absolute atomic E-state index is 9.37. The van der Waals surface area contributed by atoms with E-state index in [1.165, 1.54) is 5.56 Å². The zero-order valence-electron chi connectivity index (χ0n) is 12.0. The fraction of sp³-hybridized carbons (Fsp3) is 0.278. The lowest BCUT2D eigenvalue weighted by Crippen LogP contribution is -2.00. The first kappa shape index (κ1) is 14.1. The van der Waals surface area contributed by atoms with Gasteiger partial charge in [0.1, 0.15) is 5.75 Å². The van der Waals surface area contributed by atoms with Gasteiger partial charge in [-0.2, -0.15) is 5.26 Å². The highest BCUT2D eigenvalue weighted by Gasteiger charge is 2.11. The Morgan fingerprint density at radius 1 is 1.05 bits per heavy atom. The Bertz CT molecular complexity index is 578. The molecule has 0 saturated heterocycles. The van der Waals surface area contributed by atoms with E-state index in [1.54, 1.807) is 0 Å². The van der Waals surface area contributed by atoms with Gasteiger partial charge in [-0.05, 0) is 43.5 Å². The fourth-order valence-electron chi connectivity index (χ4n) is 2.16. The summed E-state index contributed by atoms with van der Waals surface area (Å²) in [6.45, 7) is 4.69. The molecule has 2 rings (SSSR count). The first-order valence-electron chi connectivity index (χ1n) is 6.91. The predicted molar refractivity (Wildman–Crippen MR) is 80.8 cm³/mol. The SMILES string of the molecule is CCOc1ccc(CC(C#N)c2ccc(C)cc2)cc1. The van der Waals surface area contributed by atoms with Gasteiger partial charge in [0.2, 0.25) is 0 Å². The predicted octanol–water partition coefficient (Wildman–Crippen LogP) is 4.24. The van der Waals surface area contributed by atoms with E-state index < -0.39 is 0 Å². The van der Waals surface area contributed by atoms with Gasteiger partial charge < -0.3 is 4.74 Å². The van der Waals surface area contributed by atoms with Crippen molar-refractivity contribution in [2.75, 3.05) is 6.61 Å². The molecule has 0 amide bonds. The third-order valence-electron chi connectivity index (χ3n) is 3.31. The van der Waals surface area contributed by atoms with E-state index in [4.69, 9.17) is 4.74 Å². The average Bonchev–Trinajstić information content (AvgIpc) is 2.48. The number of hydrogen-bond acceptors (Lipinski definition) is 2. The Morgan fingerprint density at radius 3 is 2.25 bits per heavy atom. The molecule has 2 aromatic carbocycles. The van der Waals surface area contributed by atoms with Crippen LogP contribution in [-0.4, -0.2) is 6.61 Å². The van der Waals surface area contributed by atoms with Crippen molar-refractivity contribution < 1.29 is 4.74 Å². The number of nitriles is 1. The summed E-state index contributed by atoms with van der Waals surface area (Å²) in [5, 5.41) is 9.37. The van der Waals surface area contributed by atoms with Gasteiger partial charge >= 0.3 is 0 Å². The van der Waals surface area contributed by atoms with Crippen molar-refractivity contribution in [1.29, 1.82) is 5.26 Å². The third-order valence-corrected chi connectivity index (χ3v) is 3.31. The Hall–Kier alpha value is -2.27. The Kier molecular flexibility index (Phi) is 4.79. The second-order valence-electron chi connectivity index (χ2n) is 4.87. The van der Waals surface area contributed by atoms with E-state index in [9.17, 15) is 5.26 Å².